The fourth-order valence-corrected chi connectivity index (χ4v) is 3.46. The molecule has 0 saturated carbocycles. The standard InChI is InChI=1S/C17H30N6OS/c1-5-18-17(21(4)12-16-13-25-14(2)20-16)19-6-7-22-8-10-23(11-9-22)15(3)24/h13H,5-12H2,1-4H3,(H,18,19). The molecule has 1 aromatic rings. The normalized spacial score (nSPS) is 16.2. The molecule has 1 fully saturated rings. The van der Waals surface area contributed by atoms with Gasteiger partial charge in [0.1, 0.15) is 0 Å². The third-order valence-corrected chi connectivity index (χ3v) is 5.08. The number of hydrogen-bond donors (Lipinski definition) is 1. The summed E-state index contributed by atoms with van der Waals surface area (Å²) in [5.41, 5.74) is 1.08. The lowest BCUT2D eigenvalue weighted by molar-refractivity contribution is -0.130. The molecule has 2 rings (SSSR count). The van der Waals surface area contributed by atoms with Gasteiger partial charge in [0.15, 0.2) is 5.96 Å². The molecule has 0 aliphatic carbocycles. The van der Waals surface area contributed by atoms with Crippen LogP contribution in [0.5, 0.6) is 0 Å². The summed E-state index contributed by atoms with van der Waals surface area (Å²) in [5, 5.41) is 6.54. The van der Waals surface area contributed by atoms with Crippen molar-refractivity contribution in [3.63, 3.8) is 0 Å². The van der Waals surface area contributed by atoms with Gasteiger partial charge in [0.2, 0.25) is 5.91 Å². The minimum atomic E-state index is 0.172. The van der Waals surface area contributed by atoms with Gasteiger partial charge in [0, 0.05) is 58.6 Å². The van der Waals surface area contributed by atoms with Gasteiger partial charge < -0.3 is 15.1 Å². The molecule has 1 saturated heterocycles. The maximum atomic E-state index is 11.4. The fraction of sp³-hybridized carbons (Fsp3) is 0.706. The number of aliphatic imine (C=N–C) groups is 1. The summed E-state index contributed by atoms with van der Waals surface area (Å²) in [4.78, 5) is 27.0. The van der Waals surface area contributed by atoms with E-state index in [4.69, 9.17) is 4.99 Å². The number of piperazine rings is 1. The van der Waals surface area contributed by atoms with Crippen LogP contribution in [-0.4, -0.2) is 84.4 Å². The first-order chi connectivity index (χ1) is 12.0. The molecule has 1 N–H and O–H groups in total. The van der Waals surface area contributed by atoms with Crippen molar-refractivity contribution in [1.29, 1.82) is 0 Å². The summed E-state index contributed by atoms with van der Waals surface area (Å²) in [6.45, 7) is 12.5. The second-order valence-electron chi connectivity index (χ2n) is 6.30. The Bertz CT molecular complexity index is 579. The molecule has 0 aromatic carbocycles. The number of guanidine groups is 1. The molecule has 0 spiro atoms. The molecule has 140 valence electrons. The zero-order chi connectivity index (χ0) is 18.2. The van der Waals surface area contributed by atoms with Crippen molar-refractivity contribution in [2.75, 3.05) is 52.9 Å². The highest BCUT2D eigenvalue weighted by Crippen LogP contribution is 2.10. The molecule has 0 unspecified atom stereocenters. The number of carbonyl (C=O) groups is 1. The first kappa shape index (κ1) is 19.7. The number of rotatable bonds is 6. The third kappa shape index (κ3) is 6.28. The third-order valence-electron chi connectivity index (χ3n) is 4.26. The van der Waals surface area contributed by atoms with Gasteiger partial charge in [-0.05, 0) is 13.8 Å². The van der Waals surface area contributed by atoms with Gasteiger partial charge in [-0.1, -0.05) is 0 Å². The first-order valence-corrected chi connectivity index (χ1v) is 9.76. The second kappa shape index (κ2) is 9.72. The number of thiazole rings is 1. The van der Waals surface area contributed by atoms with Crippen LogP contribution in [0.4, 0.5) is 0 Å². The molecule has 1 aliphatic rings. The number of amides is 1. The lowest BCUT2D eigenvalue weighted by atomic mass is 10.3. The van der Waals surface area contributed by atoms with Gasteiger partial charge >= 0.3 is 0 Å². The van der Waals surface area contributed by atoms with Gasteiger partial charge in [-0.3, -0.25) is 14.7 Å². The van der Waals surface area contributed by atoms with Crippen LogP contribution in [0.15, 0.2) is 10.4 Å². The predicted octanol–water partition coefficient (Wildman–Crippen LogP) is 1.01. The molecule has 1 aliphatic heterocycles. The van der Waals surface area contributed by atoms with Crippen molar-refractivity contribution in [3.8, 4) is 0 Å². The van der Waals surface area contributed by atoms with Crippen molar-refractivity contribution < 1.29 is 4.79 Å². The number of carbonyl (C=O) groups excluding carboxylic acids is 1. The first-order valence-electron chi connectivity index (χ1n) is 8.88. The summed E-state index contributed by atoms with van der Waals surface area (Å²) in [6.07, 6.45) is 0. The monoisotopic (exact) mass is 366 g/mol. The highest BCUT2D eigenvalue weighted by molar-refractivity contribution is 7.09. The van der Waals surface area contributed by atoms with Crippen molar-refractivity contribution >= 4 is 23.2 Å². The summed E-state index contributed by atoms with van der Waals surface area (Å²) in [7, 11) is 2.04. The zero-order valence-electron chi connectivity index (χ0n) is 15.8. The summed E-state index contributed by atoms with van der Waals surface area (Å²) < 4.78 is 0. The molecular weight excluding hydrogens is 336 g/mol. The van der Waals surface area contributed by atoms with Crippen molar-refractivity contribution in [3.05, 3.63) is 16.1 Å². The van der Waals surface area contributed by atoms with Crippen molar-refractivity contribution in [2.24, 2.45) is 4.99 Å². The van der Waals surface area contributed by atoms with Gasteiger partial charge in [-0.25, -0.2) is 4.98 Å². The molecule has 2 heterocycles. The Morgan fingerprint density at radius 1 is 1.40 bits per heavy atom. The van der Waals surface area contributed by atoms with Crippen LogP contribution in [-0.2, 0) is 11.3 Å². The largest absolute Gasteiger partial charge is 0.357 e. The van der Waals surface area contributed by atoms with E-state index in [1.54, 1.807) is 18.3 Å². The van der Waals surface area contributed by atoms with E-state index in [1.807, 2.05) is 18.9 Å². The van der Waals surface area contributed by atoms with E-state index < -0.39 is 0 Å². The number of aromatic nitrogens is 1. The van der Waals surface area contributed by atoms with Gasteiger partial charge in [0.05, 0.1) is 23.8 Å². The smallest absolute Gasteiger partial charge is 0.219 e. The Hall–Kier alpha value is -1.67. The minimum Gasteiger partial charge on any atom is -0.357 e. The van der Waals surface area contributed by atoms with Crippen LogP contribution in [0.2, 0.25) is 0 Å². The number of hydrogen-bond acceptors (Lipinski definition) is 5. The van der Waals surface area contributed by atoms with E-state index in [2.05, 4.69) is 32.4 Å². The lowest BCUT2D eigenvalue weighted by Crippen LogP contribution is -2.48. The number of nitrogens with one attached hydrogen (secondary N) is 1. The maximum Gasteiger partial charge on any atom is 0.219 e. The molecule has 0 bridgehead atoms. The molecule has 25 heavy (non-hydrogen) atoms. The van der Waals surface area contributed by atoms with E-state index in [-0.39, 0.29) is 5.91 Å². The lowest BCUT2D eigenvalue weighted by Gasteiger charge is -2.33. The van der Waals surface area contributed by atoms with E-state index in [9.17, 15) is 4.79 Å². The van der Waals surface area contributed by atoms with Crippen LogP contribution >= 0.6 is 11.3 Å². The number of nitrogens with zero attached hydrogens (tertiary/aromatic N) is 5. The van der Waals surface area contributed by atoms with E-state index in [1.165, 1.54) is 0 Å². The molecule has 1 aromatic heterocycles. The molecule has 1 amide bonds. The molecule has 0 atom stereocenters. The summed E-state index contributed by atoms with van der Waals surface area (Å²) >= 11 is 1.68. The highest BCUT2D eigenvalue weighted by Gasteiger charge is 2.18. The van der Waals surface area contributed by atoms with Crippen LogP contribution in [0, 0.1) is 6.92 Å². The Kier molecular flexibility index (Phi) is 7.64. The Labute approximate surface area is 154 Å². The van der Waals surface area contributed by atoms with Gasteiger partial charge in [-0.2, -0.15) is 0 Å². The van der Waals surface area contributed by atoms with Crippen molar-refractivity contribution in [1.82, 2.24) is 25.0 Å². The van der Waals surface area contributed by atoms with E-state index in [0.717, 1.165) is 69.0 Å². The second-order valence-corrected chi connectivity index (χ2v) is 7.36. The Balaban J connectivity index is 1.81. The average molecular weight is 367 g/mol. The SMILES string of the molecule is CCNC(=NCCN1CCN(C(C)=O)CC1)N(C)Cc1csc(C)n1. The van der Waals surface area contributed by atoms with Crippen LogP contribution in [0.3, 0.4) is 0 Å². The Morgan fingerprint density at radius 3 is 2.68 bits per heavy atom. The van der Waals surface area contributed by atoms with Crippen LogP contribution < -0.4 is 5.32 Å². The topological polar surface area (TPSA) is 64.1 Å². The molecular formula is C17H30N6OS. The van der Waals surface area contributed by atoms with E-state index in [0.29, 0.717) is 0 Å². The van der Waals surface area contributed by atoms with Gasteiger partial charge in [0.25, 0.3) is 0 Å². The maximum absolute atomic E-state index is 11.4. The van der Waals surface area contributed by atoms with Gasteiger partial charge in [-0.15, -0.1) is 11.3 Å². The minimum absolute atomic E-state index is 0.172. The summed E-state index contributed by atoms with van der Waals surface area (Å²) in [5.74, 6) is 1.08. The van der Waals surface area contributed by atoms with Crippen molar-refractivity contribution in [2.45, 2.75) is 27.3 Å². The predicted molar refractivity (Wildman–Crippen MR) is 103 cm³/mol. The quantitative estimate of drug-likeness (QED) is 0.601. The fourth-order valence-electron chi connectivity index (χ4n) is 2.85. The molecule has 8 heteroatoms. The van der Waals surface area contributed by atoms with Crippen LogP contribution in [0.1, 0.15) is 24.5 Å². The van der Waals surface area contributed by atoms with E-state index >= 15 is 0 Å². The Morgan fingerprint density at radius 2 is 2.12 bits per heavy atom. The highest BCUT2D eigenvalue weighted by atomic mass is 32.1. The van der Waals surface area contributed by atoms with Crippen LogP contribution in [0.25, 0.3) is 0 Å². The molecule has 0 radical (unpaired) electrons. The summed E-state index contributed by atoms with van der Waals surface area (Å²) in [6, 6.07) is 0. The average Bonchev–Trinajstić information content (AvgIpc) is 2.99. The number of aryl methyl sites for hydroxylation is 1. The molecule has 7 nitrogen and oxygen atoms in total. The zero-order valence-corrected chi connectivity index (χ0v) is 16.6.